The van der Waals surface area contributed by atoms with Crippen LogP contribution < -0.4 is 0 Å². The number of aliphatic hydroxyl groups is 2. The van der Waals surface area contributed by atoms with Crippen molar-refractivity contribution in [3.63, 3.8) is 0 Å². The molecule has 72 valence electrons. The summed E-state index contributed by atoms with van der Waals surface area (Å²) >= 11 is 6.80. The van der Waals surface area contributed by atoms with Gasteiger partial charge >= 0.3 is 5.97 Å². The van der Waals surface area contributed by atoms with E-state index in [9.17, 15) is 9.90 Å². The summed E-state index contributed by atoms with van der Waals surface area (Å²) in [6.45, 7) is 0. The predicted molar refractivity (Wildman–Crippen MR) is 47.9 cm³/mol. The molecule has 0 saturated carbocycles. The van der Waals surface area contributed by atoms with Crippen LogP contribution in [0.5, 0.6) is 0 Å². The van der Waals surface area contributed by atoms with Crippen molar-refractivity contribution in [2.45, 2.75) is 12.2 Å². The molecule has 0 fully saturated rings. The van der Waals surface area contributed by atoms with E-state index in [0.717, 1.165) is 11.3 Å². The highest BCUT2D eigenvalue weighted by Gasteiger charge is 2.27. The zero-order valence-corrected chi connectivity index (χ0v) is 7.92. The first-order chi connectivity index (χ1) is 6.04. The summed E-state index contributed by atoms with van der Waals surface area (Å²) in [4.78, 5) is 10.3. The molecule has 1 aromatic heterocycles. The van der Waals surface area contributed by atoms with E-state index >= 15 is 0 Å². The van der Waals surface area contributed by atoms with E-state index < -0.39 is 18.2 Å². The van der Waals surface area contributed by atoms with E-state index in [1.165, 1.54) is 6.07 Å². The summed E-state index contributed by atoms with van der Waals surface area (Å²) < 4.78 is 0.285. The van der Waals surface area contributed by atoms with Crippen LogP contribution in [-0.2, 0) is 4.79 Å². The molecule has 3 N–H and O–H groups in total. The van der Waals surface area contributed by atoms with Gasteiger partial charge in [0, 0.05) is 5.56 Å². The van der Waals surface area contributed by atoms with E-state index in [-0.39, 0.29) is 9.90 Å². The zero-order chi connectivity index (χ0) is 10.0. The lowest BCUT2D eigenvalue weighted by Gasteiger charge is -2.12. The Labute approximate surface area is 83.0 Å². The highest BCUT2D eigenvalue weighted by molar-refractivity contribution is 7.14. The van der Waals surface area contributed by atoms with Gasteiger partial charge in [0.25, 0.3) is 0 Å². The largest absolute Gasteiger partial charge is 0.479 e. The number of thiophene rings is 1. The van der Waals surface area contributed by atoms with Crippen LogP contribution in [-0.4, -0.2) is 27.4 Å². The molecule has 2 unspecified atom stereocenters. The first-order valence-corrected chi connectivity index (χ1v) is 4.61. The van der Waals surface area contributed by atoms with Gasteiger partial charge in [-0.2, -0.15) is 0 Å². The molecule has 2 atom stereocenters. The summed E-state index contributed by atoms with van der Waals surface area (Å²) in [5, 5.41) is 28.3. The van der Waals surface area contributed by atoms with Crippen LogP contribution >= 0.6 is 22.9 Å². The van der Waals surface area contributed by atoms with Crippen molar-refractivity contribution in [3.8, 4) is 0 Å². The fourth-order valence-corrected chi connectivity index (χ4v) is 1.81. The van der Waals surface area contributed by atoms with Gasteiger partial charge in [0.15, 0.2) is 6.10 Å². The number of hydrogen-bond acceptors (Lipinski definition) is 4. The Hall–Kier alpha value is -0.620. The summed E-state index contributed by atoms with van der Waals surface area (Å²) in [7, 11) is 0. The number of carboxylic acids is 1. The smallest absolute Gasteiger partial charge is 0.335 e. The fraction of sp³-hybridized carbons (Fsp3) is 0.286. The SMILES string of the molecule is O=C(O)C(O)C(O)c1ccsc1Cl. The van der Waals surface area contributed by atoms with Crippen LogP contribution in [0.4, 0.5) is 0 Å². The van der Waals surface area contributed by atoms with E-state index in [2.05, 4.69) is 0 Å². The number of rotatable bonds is 3. The molecule has 0 aromatic carbocycles. The Balaban J connectivity index is 2.85. The molecule has 0 spiro atoms. The van der Waals surface area contributed by atoms with Crippen molar-refractivity contribution in [2.24, 2.45) is 0 Å². The summed E-state index contributed by atoms with van der Waals surface area (Å²) in [6.07, 6.45) is -3.32. The first kappa shape index (κ1) is 10.5. The lowest BCUT2D eigenvalue weighted by Crippen LogP contribution is -2.27. The standard InChI is InChI=1S/C7H7ClO4S/c8-6-3(1-2-13-6)4(9)5(10)7(11)12/h1-2,4-5,9-10H,(H,11,12). The van der Waals surface area contributed by atoms with Gasteiger partial charge in [-0.1, -0.05) is 11.6 Å². The highest BCUT2D eigenvalue weighted by Crippen LogP contribution is 2.29. The topological polar surface area (TPSA) is 77.8 Å². The lowest BCUT2D eigenvalue weighted by atomic mass is 10.1. The van der Waals surface area contributed by atoms with Gasteiger partial charge in [-0.25, -0.2) is 4.79 Å². The molecular formula is C7H7ClO4S. The minimum Gasteiger partial charge on any atom is -0.479 e. The van der Waals surface area contributed by atoms with Gasteiger partial charge in [0.05, 0.1) is 4.34 Å². The summed E-state index contributed by atoms with van der Waals surface area (Å²) in [5.41, 5.74) is 0.238. The Morgan fingerprint density at radius 2 is 2.15 bits per heavy atom. The minimum absolute atomic E-state index is 0.238. The number of aliphatic hydroxyl groups excluding tert-OH is 2. The van der Waals surface area contributed by atoms with Crippen molar-refractivity contribution in [1.82, 2.24) is 0 Å². The normalized spacial score (nSPS) is 15.3. The van der Waals surface area contributed by atoms with E-state index in [1.807, 2.05) is 0 Å². The maximum Gasteiger partial charge on any atom is 0.335 e. The quantitative estimate of drug-likeness (QED) is 0.710. The third-order valence-corrected chi connectivity index (χ3v) is 2.72. The van der Waals surface area contributed by atoms with Gasteiger partial charge in [-0.05, 0) is 11.4 Å². The minimum atomic E-state index is -1.84. The number of halogens is 1. The van der Waals surface area contributed by atoms with Gasteiger partial charge in [0.1, 0.15) is 6.10 Å². The van der Waals surface area contributed by atoms with Crippen molar-refractivity contribution >= 4 is 28.9 Å². The number of aliphatic carboxylic acids is 1. The molecule has 1 aromatic rings. The molecular weight excluding hydrogens is 216 g/mol. The second-order valence-corrected chi connectivity index (χ2v) is 3.90. The molecule has 0 radical (unpaired) electrons. The van der Waals surface area contributed by atoms with Gasteiger partial charge in [0.2, 0.25) is 0 Å². The molecule has 0 amide bonds. The summed E-state index contributed by atoms with van der Waals surface area (Å²) in [6, 6.07) is 1.48. The maximum atomic E-state index is 10.3. The first-order valence-electron chi connectivity index (χ1n) is 3.36. The second-order valence-electron chi connectivity index (χ2n) is 2.38. The van der Waals surface area contributed by atoms with Crippen LogP contribution in [0.15, 0.2) is 11.4 Å². The monoisotopic (exact) mass is 222 g/mol. The Bertz CT molecular complexity index is 311. The van der Waals surface area contributed by atoms with Gasteiger partial charge in [-0.15, -0.1) is 11.3 Å². The van der Waals surface area contributed by atoms with Crippen LogP contribution in [0.25, 0.3) is 0 Å². The molecule has 0 aliphatic heterocycles. The van der Waals surface area contributed by atoms with E-state index in [0.29, 0.717) is 0 Å². The van der Waals surface area contributed by atoms with Crippen molar-refractivity contribution in [2.75, 3.05) is 0 Å². The molecule has 1 heterocycles. The van der Waals surface area contributed by atoms with Gasteiger partial charge in [-0.3, -0.25) is 0 Å². The lowest BCUT2D eigenvalue weighted by molar-refractivity contribution is -0.153. The molecule has 0 saturated heterocycles. The highest BCUT2D eigenvalue weighted by atomic mass is 35.5. The Morgan fingerprint density at radius 3 is 2.54 bits per heavy atom. The van der Waals surface area contributed by atoms with Crippen molar-refractivity contribution in [3.05, 3.63) is 21.3 Å². The predicted octanol–water partition coefficient (Wildman–Crippen LogP) is 0.880. The van der Waals surface area contributed by atoms with Crippen LogP contribution in [0.1, 0.15) is 11.7 Å². The van der Waals surface area contributed by atoms with Gasteiger partial charge < -0.3 is 15.3 Å². The third-order valence-electron chi connectivity index (χ3n) is 1.52. The van der Waals surface area contributed by atoms with Crippen molar-refractivity contribution < 1.29 is 20.1 Å². The molecule has 0 bridgehead atoms. The van der Waals surface area contributed by atoms with E-state index in [1.54, 1.807) is 5.38 Å². The third kappa shape index (κ3) is 2.19. The Morgan fingerprint density at radius 1 is 1.54 bits per heavy atom. The van der Waals surface area contributed by atoms with Crippen LogP contribution in [0, 0.1) is 0 Å². The fourth-order valence-electron chi connectivity index (χ4n) is 0.821. The molecule has 13 heavy (non-hydrogen) atoms. The van der Waals surface area contributed by atoms with Crippen molar-refractivity contribution in [1.29, 1.82) is 0 Å². The number of carboxylic acid groups (broad SMARTS) is 1. The van der Waals surface area contributed by atoms with Crippen LogP contribution in [0.3, 0.4) is 0 Å². The molecule has 0 aliphatic rings. The van der Waals surface area contributed by atoms with E-state index in [4.69, 9.17) is 21.8 Å². The zero-order valence-electron chi connectivity index (χ0n) is 6.35. The Kier molecular flexibility index (Phi) is 3.27. The van der Waals surface area contributed by atoms with Crippen LogP contribution in [0.2, 0.25) is 4.34 Å². The second kappa shape index (κ2) is 4.06. The average Bonchev–Trinajstić information content (AvgIpc) is 2.48. The molecule has 4 nitrogen and oxygen atoms in total. The maximum absolute atomic E-state index is 10.3. The molecule has 0 aliphatic carbocycles. The average molecular weight is 223 g/mol. The molecule has 1 rings (SSSR count). The molecule has 6 heteroatoms. The summed E-state index contributed by atoms with van der Waals surface area (Å²) in [5.74, 6) is -1.48. The number of hydrogen-bond donors (Lipinski definition) is 3. The number of carbonyl (C=O) groups is 1.